The number of hydrogen-bond acceptors (Lipinski definition) is 3. The average molecular weight is 302 g/mol. The van der Waals surface area contributed by atoms with Crippen LogP contribution in [0.5, 0.6) is 0 Å². The van der Waals surface area contributed by atoms with Gasteiger partial charge in [0.1, 0.15) is 0 Å². The molecule has 0 amide bonds. The van der Waals surface area contributed by atoms with E-state index in [1.165, 1.54) is 27.3 Å². The minimum atomic E-state index is 1.00. The molecule has 114 valence electrons. The van der Waals surface area contributed by atoms with E-state index in [9.17, 15) is 0 Å². The summed E-state index contributed by atoms with van der Waals surface area (Å²) in [7, 11) is 2.19. The first-order chi connectivity index (χ1) is 10.2. The van der Waals surface area contributed by atoms with Crippen molar-refractivity contribution in [3.8, 4) is 0 Å². The standard InChI is InChI=1S/C18H26N2S/c1-4-10-19-12-17-8-9-18(21-17)14-20(3)13-16-7-5-6-15(2)11-16/h5-9,11,19H,4,10,12-14H2,1-3H3. The highest BCUT2D eigenvalue weighted by atomic mass is 32.1. The van der Waals surface area contributed by atoms with Crippen molar-refractivity contribution >= 4 is 11.3 Å². The first kappa shape index (κ1) is 16.2. The van der Waals surface area contributed by atoms with Crippen LogP contribution in [0, 0.1) is 6.92 Å². The van der Waals surface area contributed by atoms with Gasteiger partial charge in [-0.25, -0.2) is 0 Å². The summed E-state index contributed by atoms with van der Waals surface area (Å²) >= 11 is 1.92. The van der Waals surface area contributed by atoms with E-state index in [2.05, 4.69) is 67.5 Å². The number of rotatable bonds is 8. The third-order valence-corrected chi connectivity index (χ3v) is 4.47. The minimum absolute atomic E-state index is 1.00. The van der Waals surface area contributed by atoms with Crippen molar-refractivity contribution in [1.29, 1.82) is 0 Å². The topological polar surface area (TPSA) is 15.3 Å². The first-order valence-corrected chi connectivity index (χ1v) is 8.51. The van der Waals surface area contributed by atoms with Crippen LogP contribution in [0.4, 0.5) is 0 Å². The van der Waals surface area contributed by atoms with Gasteiger partial charge < -0.3 is 5.32 Å². The number of thiophene rings is 1. The molecule has 0 aliphatic heterocycles. The first-order valence-electron chi connectivity index (χ1n) is 7.69. The van der Waals surface area contributed by atoms with E-state index in [4.69, 9.17) is 0 Å². The molecule has 0 saturated carbocycles. The molecule has 1 N–H and O–H groups in total. The fourth-order valence-corrected chi connectivity index (χ4v) is 3.50. The Morgan fingerprint density at radius 2 is 1.90 bits per heavy atom. The number of aryl methyl sites for hydroxylation is 1. The van der Waals surface area contributed by atoms with E-state index in [0.29, 0.717) is 0 Å². The zero-order chi connectivity index (χ0) is 15.1. The molecule has 1 aromatic carbocycles. The van der Waals surface area contributed by atoms with E-state index < -0.39 is 0 Å². The maximum Gasteiger partial charge on any atom is 0.0328 e. The molecule has 0 spiro atoms. The Morgan fingerprint density at radius 3 is 2.67 bits per heavy atom. The lowest BCUT2D eigenvalue weighted by molar-refractivity contribution is 0.322. The molecule has 3 heteroatoms. The molecule has 0 unspecified atom stereocenters. The third kappa shape index (κ3) is 5.62. The Balaban J connectivity index is 1.83. The molecular formula is C18H26N2S. The van der Waals surface area contributed by atoms with Crippen molar-refractivity contribution in [2.24, 2.45) is 0 Å². The maximum absolute atomic E-state index is 3.46. The Morgan fingerprint density at radius 1 is 1.10 bits per heavy atom. The second-order valence-electron chi connectivity index (χ2n) is 5.71. The van der Waals surface area contributed by atoms with Crippen LogP contribution in [0.25, 0.3) is 0 Å². The molecule has 2 nitrogen and oxygen atoms in total. The fraction of sp³-hybridized carbons (Fsp3) is 0.444. The van der Waals surface area contributed by atoms with E-state index in [-0.39, 0.29) is 0 Å². The molecule has 0 aliphatic carbocycles. The van der Waals surface area contributed by atoms with Crippen molar-refractivity contribution in [2.45, 2.75) is 39.9 Å². The quantitative estimate of drug-likeness (QED) is 0.736. The van der Waals surface area contributed by atoms with Crippen LogP contribution < -0.4 is 5.32 Å². The smallest absolute Gasteiger partial charge is 0.0328 e. The van der Waals surface area contributed by atoms with Crippen LogP contribution in [-0.4, -0.2) is 18.5 Å². The van der Waals surface area contributed by atoms with Crippen LogP contribution in [0.2, 0.25) is 0 Å². The Hall–Kier alpha value is -1.16. The van der Waals surface area contributed by atoms with Gasteiger partial charge in [-0.3, -0.25) is 4.90 Å². The molecule has 0 bridgehead atoms. The monoisotopic (exact) mass is 302 g/mol. The number of nitrogens with zero attached hydrogens (tertiary/aromatic N) is 1. The maximum atomic E-state index is 3.46. The lowest BCUT2D eigenvalue weighted by Gasteiger charge is -2.16. The van der Waals surface area contributed by atoms with Crippen LogP contribution in [0.1, 0.15) is 34.2 Å². The zero-order valence-electron chi connectivity index (χ0n) is 13.4. The Kier molecular flexibility index (Phi) is 6.43. The second-order valence-corrected chi connectivity index (χ2v) is 6.96. The summed E-state index contributed by atoms with van der Waals surface area (Å²) in [5, 5.41) is 3.46. The molecule has 21 heavy (non-hydrogen) atoms. The van der Waals surface area contributed by atoms with Gasteiger partial charge in [-0.1, -0.05) is 36.8 Å². The summed E-state index contributed by atoms with van der Waals surface area (Å²) in [4.78, 5) is 5.25. The Labute approximate surface area is 132 Å². The van der Waals surface area contributed by atoms with Crippen molar-refractivity contribution in [2.75, 3.05) is 13.6 Å². The van der Waals surface area contributed by atoms with Gasteiger partial charge in [-0.15, -0.1) is 11.3 Å². The van der Waals surface area contributed by atoms with E-state index in [1.54, 1.807) is 0 Å². The van der Waals surface area contributed by atoms with Gasteiger partial charge in [0.2, 0.25) is 0 Å². The van der Waals surface area contributed by atoms with Gasteiger partial charge in [0.25, 0.3) is 0 Å². The van der Waals surface area contributed by atoms with E-state index in [1.807, 2.05) is 11.3 Å². The second kappa shape index (κ2) is 8.32. The molecule has 1 heterocycles. The average Bonchev–Trinajstić information content (AvgIpc) is 2.86. The van der Waals surface area contributed by atoms with Gasteiger partial charge in [-0.2, -0.15) is 0 Å². The molecule has 0 saturated heterocycles. The predicted molar refractivity (Wildman–Crippen MR) is 92.7 cm³/mol. The van der Waals surface area contributed by atoms with Crippen LogP contribution >= 0.6 is 11.3 Å². The zero-order valence-corrected chi connectivity index (χ0v) is 14.2. The highest BCUT2D eigenvalue weighted by Crippen LogP contribution is 2.19. The summed E-state index contributed by atoms with van der Waals surface area (Å²) in [6.45, 7) is 8.47. The Bertz CT molecular complexity index is 548. The molecule has 2 rings (SSSR count). The highest BCUT2D eigenvalue weighted by molar-refractivity contribution is 7.11. The lowest BCUT2D eigenvalue weighted by Crippen LogP contribution is -2.16. The van der Waals surface area contributed by atoms with Crippen LogP contribution in [0.15, 0.2) is 36.4 Å². The van der Waals surface area contributed by atoms with Crippen molar-refractivity contribution in [3.63, 3.8) is 0 Å². The highest BCUT2D eigenvalue weighted by Gasteiger charge is 2.05. The number of benzene rings is 1. The predicted octanol–water partition coefficient (Wildman–Crippen LogP) is 4.19. The molecule has 0 fully saturated rings. The number of hydrogen-bond donors (Lipinski definition) is 1. The third-order valence-electron chi connectivity index (χ3n) is 3.40. The van der Waals surface area contributed by atoms with E-state index >= 15 is 0 Å². The van der Waals surface area contributed by atoms with Crippen LogP contribution in [0.3, 0.4) is 0 Å². The van der Waals surface area contributed by atoms with Gasteiger partial charge in [0, 0.05) is 29.4 Å². The summed E-state index contributed by atoms with van der Waals surface area (Å²) in [5.74, 6) is 0. The largest absolute Gasteiger partial charge is 0.312 e. The summed E-state index contributed by atoms with van der Waals surface area (Å²) in [6.07, 6.45) is 1.19. The van der Waals surface area contributed by atoms with Gasteiger partial charge in [-0.05, 0) is 44.6 Å². The fourth-order valence-electron chi connectivity index (χ4n) is 2.43. The molecular weight excluding hydrogens is 276 g/mol. The summed E-state index contributed by atoms with van der Waals surface area (Å²) in [6, 6.07) is 13.3. The molecule has 1 aromatic heterocycles. The minimum Gasteiger partial charge on any atom is -0.312 e. The van der Waals surface area contributed by atoms with Gasteiger partial charge in [0.05, 0.1) is 0 Å². The number of nitrogens with one attached hydrogen (secondary N) is 1. The van der Waals surface area contributed by atoms with Crippen molar-refractivity contribution in [3.05, 3.63) is 57.3 Å². The van der Waals surface area contributed by atoms with Gasteiger partial charge in [0.15, 0.2) is 0 Å². The summed E-state index contributed by atoms with van der Waals surface area (Å²) in [5.41, 5.74) is 2.72. The molecule has 2 aromatic rings. The van der Waals surface area contributed by atoms with Gasteiger partial charge >= 0.3 is 0 Å². The SMILES string of the molecule is CCCNCc1ccc(CN(C)Cc2cccc(C)c2)s1. The summed E-state index contributed by atoms with van der Waals surface area (Å²) < 4.78 is 0. The lowest BCUT2D eigenvalue weighted by atomic mass is 10.1. The molecule has 0 aliphatic rings. The van der Waals surface area contributed by atoms with Crippen molar-refractivity contribution < 1.29 is 0 Å². The van der Waals surface area contributed by atoms with Crippen LogP contribution in [-0.2, 0) is 19.6 Å². The van der Waals surface area contributed by atoms with E-state index in [0.717, 1.165) is 26.2 Å². The molecule has 0 radical (unpaired) electrons. The molecule has 0 atom stereocenters. The van der Waals surface area contributed by atoms with Crippen molar-refractivity contribution in [1.82, 2.24) is 10.2 Å². The normalized spacial score (nSPS) is 11.2.